The van der Waals surface area contributed by atoms with Crippen molar-refractivity contribution in [2.75, 3.05) is 18.8 Å². The molecule has 1 aliphatic rings. The summed E-state index contributed by atoms with van der Waals surface area (Å²) < 4.78 is 0. The third kappa shape index (κ3) is 3.03. The number of hydrogen-bond acceptors (Lipinski definition) is 2. The standard InChI is InChI=1S/C15H22N2O/c1-15(2)9-10-17(11-15)14(18)8-7-12-5-3-4-6-13(12)16/h3-6H,7-11,16H2,1-2H3. The van der Waals surface area contributed by atoms with Gasteiger partial charge in [0.2, 0.25) is 5.91 Å². The summed E-state index contributed by atoms with van der Waals surface area (Å²) in [5, 5.41) is 0. The first-order chi connectivity index (χ1) is 8.48. The molecule has 0 aromatic heterocycles. The second-order valence-corrected chi connectivity index (χ2v) is 5.93. The Kier molecular flexibility index (Phi) is 3.60. The van der Waals surface area contributed by atoms with E-state index >= 15 is 0 Å². The van der Waals surface area contributed by atoms with Crippen LogP contribution in [-0.4, -0.2) is 23.9 Å². The summed E-state index contributed by atoms with van der Waals surface area (Å²) in [5.41, 5.74) is 8.02. The molecule has 1 amide bonds. The van der Waals surface area contributed by atoms with Crippen LogP contribution in [0, 0.1) is 5.41 Å². The molecule has 0 unspecified atom stereocenters. The van der Waals surface area contributed by atoms with Crippen molar-refractivity contribution in [2.45, 2.75) is 33.1 Å². The van der Waals surface area contributed by atoms with E-state index in [4.69, 9.17) is 5.73 Å². The van der Waals surface area contributed by atoms with Crippen molar-refractivity contribution in [3.05, 3.63) is 29.8 Å². The molecule has 1 saturated heterocycles. The van der Waals surface area contributed by atoms with Gasteiger partial charge in [-0.2, -0.15) is 0 Å². The minimum Gasteiger partial charge on any atom is -0.399 e. The summed E-state index contributed by atoms with van der Waals surface area (Å²) in [6.07, 6.45) is 2.40. The van der Waals surface area contributed by atoms with Crippen molar-refractivity contribution in [1.29, 1.82) is 0 Å². The van der Waals surface area contributed by atoms with Gasteiger partial charge in [0, 0.05) is 25.2 Å². The monoisotopic (exact) mass is 246 g/mol. The highest BCUT2D eigenvalue weighted by molar-refractivity contribution is 5.77. The van der Waals surface area contributed by atoms with Gasteiger partial charge in [-0.05, 0) is 29.9 Å². The number of amides is 1. The van der Waals surface area contributed by atoms with Crippen LogP contribution in [0.2, 0.25) is 0 Å². The zero-order valence-electron chi connectivity index (χ0n) is 11.3. The number of nitrogens with two attached hydrogens (primary N) is 1. The Morgan fingerprint density at radius 3 is 2.72 bits per heavy atom. The van der Waals surface area contributed by atoms with Crippen LogP contribution in [-0.2, 0) is 11.2 Å². The summed E-state index contributed by atoms with van der Waals surface area (Å²) in [4.78, 5) is 14.1. The van der Waals surface area contributed by atoms with Crippen LogP contribution in [0.15, 0.2) is 24.3 Å². The Morgan fingerprint density at radius 1 is 1.39 bits per heavy atom. The van der Waals surface area contributed by atoms with E-state index in [-0.39, 0.29) is 11.3 Å². The van der Waals surface area contributed by atoms with E-state index in [9.17, 15) is 4.79 Å². The van der Waals surface area contributed by atoms with E-state index in [1.807, 2.05) is 29.2 Å². The van der Waals surface area contributed by atoms with Crippen LogP contribution >= 0.6 is 0 Å². The molecule has 0 aliphatic carbocycles. The number of anilines is 1. The fourth-order valence-electron chi connectivity index (χ4n) is 2.49. The van der Waals surface area contributed by atoms with Crippen LogP contribution < -0.4 is 5.73 Å². The van der Waals surface area contributed by atoms with Gasteiger partial charge in [-0.15, -0.1) is 0 Å². The molecular weight excluding hydrogens is 224 g/mol. The van der Waals surface area contributed by atoms with Crippen LogP contribution in [0.25, 0.3) is 0 Å². The molecule has 1 fully saturated rings. The maximum atomic E-state index is 12.1. The summed E-state index contributed by atoms with van der Waals surface area (Å²) in [6, 6.07) is 7.77. The van der Waals surface area contributed by atoms with E-state index < -0.39 is 0 Å². The van der Waals surface area contributed by atoms with Crippen molar-refractivity contribution >= 4 is 11.6 Å². The van der Waals surface area contributed by atoms with Crippen LogP contribution in [0.5, 0.6) is 0 Å². The maximum Gasteiger partial charge on any atom is 0.222 e. The Labute approximate surface area is 109 Å². The fourth-order valence-corrected chi connectivity index (χ4v) is 2.49. The molecule has 2 rings (SSSR count). The highest BCUT2D eigenvalue weighted by Gasteiger charge is 2.31. The van der Waals surface area contributed by atoms with E-state index in [1.165, 1.54) is 0 Å². The molecule has 0 saturated carbocycles. The molecule has 3 heteroatoms. The second-order valence-electron chi connectivity index (χ2n) is 5.93. The first-order valence-electron chi connectivity index (χ1n) is 6.59. The van der Waals surface area contributed by atoms with Crippen LogP contribution in [0.3, 0.4) is 0 Å². The lowest BCUT2D eigenvalue weighted by Crippen LogP contribution is -2.30. The molecule has 2 N–H and O–H groups in total. The number of hydrogen-bond donors (Lipinski definition) is 1. The minimum atomic E-state index is 0.254. The zero-order chi connectivity index (χ0) is 13.2. The molecule has 0 bridgehead atoms. The molecule has 1 heterocycles. The second kappa shape index (κ2) is 5.01. The van der Waals surface area contributed by atoms with Crippen molar-refractivity contribution in [3.8, 4) is 0 Å². The Hall–Kier alpha value is -1.51. The van der Waals surface area contributed by atoms with Gasteiger partial charge in [0.1, 0.15) is 0 Å². The van der Waals surface area contributed by atoms with E-state index in [0.29, 0.717) is 6.42 Å². The van der Waals surface area contributed by atoms with Crippen LogP contribution in [0.4, 0.5) is 5.69 Å². The van der Waals surface area contributed by atoms with E-state index in [1.54, 1.807) is 0 Å². The fraction of sp³-hybridized carbons (Fsp3) is 0.533. The first-order valence-corrected chi connectivity index (χ1v) is 6.59. The van der Waals surface area contributed by atoms with E-state index in [0.717, 1.165) is 37.2 Å². The number of para-hydroxylation sites is 1. The average Bonchev–Trinajstić information content (AvgIpc) is 2.68. The molecular formula is C15H22N2O. The number of likely N-dealkylation sites (tertiary alicyclic amines) is 1. The molecule has 3 nitrogen and oxygen atoms in total. The molecule has 18 heavy (non-hydrogen) atoms. The topological polar surface area (TPSA) is 46.3 Å². The number of aryl methyl sites for hydroxylation is 1. The van der Waals surface area contributed by atoms with E-state index in [2.05, 4.69) is 13.8 Å². The van der Waals surface area contributed by atoms with Crippen molar-refractivity contribution in [3.63, 3.8) is 0 Å². The number of carbonyl (C=O) groups is 1. The summed E-state index contributed by atoms with van der Waals surface area (Å²) in [5.74, 6) is 0.254. The highest BCUT2D eigenvalue weighted by Crippen LogP contribution is 2.29. The number of carbonyl (C=O) groups excluding carboxylic acids is 1. The molecule has 98 valence electrons. The normalized spacial score (nSPS) is 18.0. The Morgan fingerprint density at radius 2 is 2.11 bits per heavy atom. The largest absolute Gasteiger partial charge is 0.399 e. The summed E-state index contributed by atoms with van der Waals surface area (Å²) in [7, 11) is 0. The minimum absolute atomic E-state index is 0.254. The van der Waals surface area contributed by atoms with Gasteiger partial charge < -0.3 is 10.6 Å². The third-order valence-electron chi connectivity index (χ3n) is 3.69. The molecule has 0 radical (unpaired) electrons. The third-order valence-corrected chi connectivity index (χ3v) is 3.69. The summed E-state index contributed by atoms with van der Waals surface area (Å²) >= 11 is 0. The van der Waals surface area contributed by atoms with Gasteiger partial charge in [0.25, 0.3) is 0 Å². The number of benzene rings is 1. The SMILES string of the molecule is CC1(C)CCN(C(=O)CCc2ccccc2N)C1. The predicted molar refractivity (Wildman–Crippen MR) is 74.2 cm³/mol. The molecule has 1 aromatic rings. The van der Waals surface area contributed by atoms with Gasteiger partial charge in [-0.1, -0.05) is 32.0 Å². The maximum absolute atomic E-state index is 12.1. The van der Waals surface area contributed by atoms with Gasteiger partial charge in [-0.3, -0.25) is 4.79 Å². The van der Waals surface area contributed by atoms with Crippen molar-refractivity contribution in [2.24, 2.45) is 5.41 Å². The van der Waals surface area contributed by atoms with Crippen molar-refractivity contribution in [1.82, 2.24) is 4.90 Å². The summed E-state index contributed by atoms with van der Waals surface area (Å²) in [6.45, 7) is 6.22. The predicted octanol–water partition coefficient (Wildman–Crippen LogP) is 2.46. The quantitative estimate of drug-likeness (QED) is 0.833. The molecule has 1 aliphatic heterocycles. The lowest BCUT2D eigenvalue weighted by Gasteiger charge is -2.20. The molecule has 0 spiro atoms. The van der Waals surface area contributed by atoms with Gasteiger partial charge in [-0.25, -0.2) is 0 Å². The smallest absolute Gasteiger partial charge is 0.222 e. The van der Waals surface area contributed by atoms with Gasteiger partial charge >= 0.3 is 0 Å². The van der Waals surface area contributed by atoms with Crippen molar-refractivity contribution < 1.29 is 4.79 Å². The lowest BCUT2D eigenvalue weighted by atomic mass is 9.93. The average molecular weight is 246 g/mol. The van der Waals surface area contributed by atoms with Crippen LogP contribution in [0.1, 0.15) is 32.3 Å². The molecule has 1 aromatic carbocycles. The Bertz CT molecular complexity index is 440. The zero-order valence-corrected chi connectivity index (χ0v) is 11.3. The number of rotatable bonds is 3. The highest BCUT2D eigenvalue weighted by atomic mass is 16.2. The Balaban J connectivity index is 1.88. The van der Waals surface area contributed by atoms with Gasteiger partial charge in [0.15, 0.2) is 0 Å². The first kappa shape index (κ1) is 12.9. The molecule has 0 atom stereocenters. The van der Waals surface area contributed by atoms with Gasteiger partial charge in [0.05, 0.1) is 0 Å². The number of nitrogen functional groups attached to an aromatic ring is 1. The lowest BCUT2D eigenvalue weighted by molar-refractivity contribution is -0.130. The number of nitrogens with zero attached hydrogens (tertiary/aromatic N) is 1.